The average molecular weight is 334 g/mol. The number of nitrogens with zero attached hydrogens (tertiary/aromatic N) is 1. The quantitative estimate of drug-likeness (QED) is 0.799. The summed E-state index contributed by atoms with van der Waals surface area (Å²) in [4.78, 5) is 24.0. The van der Waals surface area contributed by atoms with Crippen molar-refractivity contribution in [2.75, 3.05) is 0 Å². The lowest BCUT2D eigenvalue weighted by molar-refractivity contribution is -0.128. The second kappa shape index (κ2) is 7.47. The standard InChI is InChI=1S/C18H26N2O4/c1-2-15(21)16(22)9-11-3-7-13(8-4-11)19-18(23)14-10-17(24-20-14)12-5-6-12/h10-13,15,21H,2-9H2,1H3,(H,19,23). The number of carbonyl (C=O) groups excluding carboxylic acids is 2. The molecule has 24 heavy (non-hydrogen) atoms. The number of aromatic nitrogens is 1. The lowest BCUT2D eigenvalue weighted by Gasteiger charge is -2.28. The van der Waals surface area contributed by atoms with Crippen LogP contribution in [0.25, 0.3) is 0 Å². The maximum atomic E-state index is 12.2. The fourth-order valence-electron chi connectivity index (χ4n) is 3.38. The highest BCUT2D eigenvalue weighted by Crippen LogP contribution is 2.40. The van der Waals surface area contributed by atoms with Crippen LogP contribution in [-0.4, -0.2) is 34.1 Å². The van der Waals surface area contributed by atoms with Crippen LogP contribution in [0.2, 0.25) is 0 Å². The Kier molecular flexibility index (Phi) is 5.33. The molecule has 1 aromatic heterocycles. The maximum Gasteiger partial charge on any atom is 0.273 e. The molecule has 2 aliphatic rings. The van der Waals surface area contributed by atoms with E-state index in [9.17, 15) is 14.7 Å². The first kappa shape index (κ1) is 17.1. The third kappa shape index (κ3) is 4.23. The normalized spacial score (nSPS) is 25.2. The van der Waals surface area contributed by atoms with Gasteiger partial charge in [-0.1, -0.05) is 12.1 Å². The molecule has 1 amide bonds. The molecule has 2 aliphatic carbocycles. The summed E-state index contributed by atoms with van der Waals surface area (Å²) in [6.45, 7) is 1.81. The first-order chi connectivity index (χ1) is 11.6. The molecule has 0 saturated heterocycles. The van der Waals surface area contributed by atoms with E-state index < -0.39 is 6.10 Å². The second-order valence-corrected chi connectivity index (χ2v) is 7.17. The van der Waals surface area contributed by atoms with Crippen molar-refractivity contribution in [1.82, 2.24) is 10.5 Å². The van der Waals surface area contributed by atoms with Crippen LogP contribution < -0.4 is 5.32 Å². The number of hydrogen-bond acceptors (Lipinski definition) is 5. The molecule has 1 heterocycles. The van der Waals surface area contributed by atoms with Crippen LogP contribution in [0.1, 0.15) is 80.5 Å². The van der Waals surface area contributed by atoms with Gasteiger partial charge in [-0.05, 0) is 50.9 Å². The minimum atomic E-state index is -0.824. The number of aliphatic hydroxyl groups excluding tert-OH is 1. The molecule has 2 N–H and O–H groups in total. The molecule has 0 bridgehead atoms. The van der Waals surface area contributed by atoms with Crippen LogP contribution >= 0.6 is 0 Å². The van der Waals surface area contributed by atoms with Gasteiger partial charge in [0, 0.05) is 24.4 Å². The van der Waals surface area contributed by atoms with E-state index in [4.69, 9.17) is 4.52 Å². The van der Waals surface area contributed by atoms with Crippen molar-refractivity contribution in [3.63, 3.8) is 0 Å². The Morgan fingerprint density at radius 3 is 2.62 bits per heavy atom. The Morgan fingerprint density at radius 1 is 1.29 bits per heavy atom. The van der Waals surface area contributed by atoms with Gasteiger partial charge in [-0.15, -0.1) is 0 Å². The van der Waals surface area contributed by atoms with E-state index in [1.807, 2.05) is 6.92 Å². The fourth-order valence-corrected chi connectivity index (χ4v) is 3.38. The summed E-state index contributed by atoms with van der Waals surface area (Å²) in [6, 6.07) is 1.88. The lowest BCUT2D eigenvalue weighted by Crippen LogP contribution is -2.38. The van der Waals surface area contributed by atoms with Gasteiger partial charge < -0.3 is 14.9 Å². The number of aliphatic hydroxyl groups is 1. The van der Waals surface area contributed by atoms with Crippen molar-refractivity contribution in [1.29, 1.82) is 0 Å². The minimum Gasteiger partial charge on any atom is -0.385 e. The summed E-state index contributed by atoms with van der Waals surface area (Å²) in [6.07, 6.45) is 5.86. The molecule has 0 radical (unpaired) electrons. The molecule has 1 aromatic rings. The summed E-state index contributed by atoms with van der Waals surface area (Å²) < 4.78 is 5.22. The molecule has 2 saturated carbocycles. The predicted molar refractivity (Wildman–Crippen MR) is 87.6 cm³/mol. The minimum absolute atomic E-state index is 0.0554. The Balaban J connectivity index is 1.43. The number of Topliss-reactive ketones (excluding diaryl/α,β-unsaturated/α-hetero) is 1. The highest BCUT2D eigenvalue weighted by atomic mass is 16.5. The molecule has 3 rings (SSSR count). The van der Waals surface area contributed by atoms with Gasteiger partial charge in [0.2, 0.25) is 0 Å². The van der Waals surface area contributed by atoms with Crippen LogP contribution in [0.4, 0.5) is 0 Å². The van der Waals surface area contributed by atoms with Crippen LogP contribution in [0, 0.1) is 5.92 Å². The van der Waals surface area contributed by atoms with Crippen molar-refractivity contribution < 1.29 is 19.2 Å². The fraction of sp³-hybridized carbons (Fsp3) is 0.722. The Bertz CT molecular complexity index is 586. The predicted octanol–water partition coefficient (Wildman–Crippen LogP) is 2.57. The van der Waals surface area contributed by atoms with Crippen molar-refractivity contribution >= 4 is 11.7 Å². The van der Waals surface area contributed by atoms with Crippen LogP contribution in [0.15, 0.2) is 10.6 Å². The monoisotopic (exact) mass is 334 g/mol. The van der Waals surface area contributed by atoms with E-state index in [1.54, 1.807) is 6.07 Å². The molecular formula is C18H26N2O4. The third-order valence-electron chi connectivity index (χ3n) is 5.17. The summed E-state index contributed by atoms with van der Waals surface area (Å²) in [5.74, 6) is 1.36. The number of hydrogen-bond donors (Lipinski definition) is 2. The molecule has 6 heteroatoms. The number of amides is 1. The number of carbonyl (C=O) groups is 2. The number of ketones is 1. The average Bonchev–Trinajstić information content (AvgIpc) is 3.32. The molecular weight excluding hydrogens is 308 g/mol. The van der Waals surface area contributed by atoms with Crippen LogP contribution in [-0.2, 0) is 4.79 Å². The first-order valence-corrected chi connectivity index (χ1v) is 9.05. The summed E-state index contributed by atoms with van der Waals surface area (Å²) in [7, 11) is 0. The molecule has 1 unspecified atom stereocenters. The van der Waals surface area contributed by atoms with E-state index >= 15 is 0 Å². The van der Waals surface area contributed by atoms with Crippen LogP contribution in [0.5, 0.6) is 0 Å². The highest BCUT2D eigenvalue weighted by molar-refractivity contribution is 5.92. The summed E-state index contributed by atoms with van der Waals surface area (Å²) in [5.41, 5.74) is 0.361. The SMILES string of the molecule is CCC(O)C(=O)CC1CCC(NC(=O)c2cc(C3CC3)on2)CC1. The molecule has 0 aliphatic heterocycles. The van der Waals surface area contributed by atoms with Crippen LogP contribution in [0.3, 0.4) is 0 Å². The van der Waals surface area contributed by atoms with Gasteiger partial charge in [0.1, 0.15) is 11.9 Å². The number of rotatable bonds is 7. The van der Waals surface area contributed by atoms with E-state index in [0.29, 0.717) is 30.4 Å². The molecule has 2 fully saturated rings. The van der Waals surface area contributed by atoms with Gasteiger partial charge in [-0.2, -0.15) is 0 Å². The van der Waals surface area contributed by atoms with E-state index in [1.165, 1.54) is 0 Å². The molecule has 1 atom stereocenters. The van der Waals surface area contributed by atoms with Crippen molar-refractivity contribution in [3.05, 3.63) is 17.5 Å². The largest absolute Gasteiger partial charge is 0.385 e. The Hall–Kier alpha value is -1.69. The Morgan fingerprint density at radius 2 is 2.00 bits per heavy atom. The van der Waals surface area contributed by atoms with E-state index in [2.05, 4.69) is 10.5 Å². The van der Waals surface area contributed by atoms with Gasteiger partial charge in [0.15, 0.2) is 11.5 Å². The lowest BCUT2D eigenvalue weighted by atomic mass is 9.82. The molecule has 0 aromatic carbocycles. The smallest absolute Gasteiger partial charge is 0.273 e. The molecule has 0 spiro atoms. The Labute approximate surface area is 142 Å². The van der Waals surface area contributed by atoms with Gasteiger partial charge in [-0.25, -0.2) is 0 Å². The van der Waals surface area contributed by atoms with Gasteiger partial charge in [-0.3, -0.25) is 9.59 Å². The second-order valence-electron chi connectivity index (χ2n) is 7.17. The van der Waals surface area contributed by atoms with E-state index in [-0.39, 0.29) is 17.7 Å². The van der Waals surface area contributed by atoms with Gasteiger partial charge in [0.05, 0.1) is 0 Å². The zero-order valence-corrected chi connectivity index (χ0v) is 14.2. The van der Waals surface area contributed by atoms with Crippen molar-refractivity contribution in [3.8, 4) is 0 Å². The molecule has 6 nitrogen and oxygen atoms in total. The van der Waals surface area contributed by atoms with Gasteiger partial charge in [0.25, 0.3) is 5.91 Å². The molecule has 132 valence electrons. The summed E-state index contributed by atoms with van der Waals surface area (Å²) in [5, 5.41) is 16.5. The van der Waals surface area contributed by atoms with E-state index in [0.717, 1.165) is 44.3 Å². The topological polar surface area (TPSA) is 92.4 Å². The first-order valence-electron chi connectivity index (χ1n) is 9.05. The van der Waals surface area contributed by atoms with Gasteiger partial charge >= 0.3 is 0 Å². The number of nitrogens with one attached hydrogen (secondary N) is 1. The van der Waals surface area contributed by atoms with Crippen molar-refractivity contribution in [2.24, 2.45) is 5.92 Å². The summed E-state index contributed by atoms with van der Waals surface area (Å²) >= 11 is 0. The highest BCUT2D eigenvalue weighted by Gasteiger charge is 2.30. The third-order valence-corrected chi connectivity index (χ3v) is 5.17. The maximum absolute atomic E-state index is 12.2. The zero-order valence-electron chi connectivity index (χ0n) is 14.2. The zero-order chi connectivity index (χ0) is 17.1. The van der Waals surface area contributed by atoms with Crippen molar-refractivity contribution in [2.45, 2.75) is 76.4 Å².